The number of esters is 1. The van der Waals surface area contributed by atoms with Gasteiger partial charge in [-0.25, -0.2) is 4.79 Å². The number of methoxy groups -OCH3 is 1. The topological polar surface area (TPSA) is 44.8 Å². The third kappa shape index (κ3) is 2.47. The molecule has 1 aliphatic rings. The van der Waals surface area contributed by atoms with Gasteiger partial charge in [0.1, 0.15) is 11.5 Å². The van der Waals surface area contributed by atoms with E-state index < -0.39 is 0 Å². The first-order chi connectivity index (χ1) is 9.76. The zero-order valence-corrected chi connectivity index (χ0v) is 11.0. The lowest BCUT2D eigenvalue weighted by Gasteiger charge is -2.05. The van der Waals surface area contributed by atoms with Crippen LogP contribution >= 0.6 is 0 Å². The minimum Gasteiger partial charge on any atom is -0.523 e. The SMILES string of the molecule is COC(=O)c1ccc(CB2Oc3ccccc3O2)cc1. The maximum Gasteiger partial charge on any atom is 0.599 e. The van der Waals surface area contributed by atoms with Gasteiger partial charge in [0, 0.05) is 6.32 Å². The van der Waals surface area contributed by atoms with Crippen molar-refractivity contribution in [1.29, 1.82) is 0 Å². The molecule has 0 aliphatic carbocycles. The van der Waals surface area contributed by atoms with Gasteiger partial charge in [0.15, 0.2) is 0 Å². The fraction of sp³-hybridized carbons (Fsp3) is 0.133. The van der Waals surface area contributed by atoms with Crippen molar-refractivity contribution in [2.45, 2.75) is 6.32 Å². The lowest BCUT2D eigenvalue weighted by molar-refractivity contribution is 0.0600. The number of fused-ring (bicyclic) bond motifs is 1. The summed E-state index contributed by atoms with van der Waals surface area (Å²) >= 11 is 0. The van der Waals surface area contributed by atoms with Crippen LogP contribution < -0.4 is 9.31 Å². The highest BCUT2D eigenvalue weighted by Crippen LogP contribution is 2.33. The fourth-order valence-electron chi connectivity index (χ4n) is 2.12. The quantitative estimate of drug-likeness (QED) is 0.633. The van der Waals surface area contributed by atoms with Gasteiger partial charge in [-0.15, -0.1) is 0 Å². The van der Waals surface area contributed by atoms with Crippen molar-refractivity contribution in [3.63, 3.8) is 0 Å². The highest BCUT2D eigenvalue weighted by atomic mass is 16.6. The summed E-state index contributed by atoms with van der Waals surface area (Å²) in [6.07, 6.45) is 0.621. The Morgan fingerprint density at radius 2 is 1.65 bits per heavy atom. The van der Waals surface area contributed by atoms with E-state index in [9.17, 15) is 4.79 Å². The molecule has 0 unspecified atom stereocenters. The molecule has 100 valence electrons. The smallest absolute Gasteiger partial charge is 0.523 e. The molecule has 0 N–H and O–H groups in total. The van der Waals surface area contributed by atoms with Gasteiger partial charge in [-0.1, -0.05) is 24.3 Å². The number of benzene rings is 2. The Kier molecular flexibility index (Phi) is 3.33. The summed E-state index contributed by atoms with van der Waals surface area (Å²) in [5.41, 5.74) is 1.57. The molecule has 0 fully saturated rings. The molecule has 4 nitrogen and oxygen atoms in total. The number of hydrogen-bond donors (Lipinski definition) is 0. The van der Waals surface area contributed by atoms with Gasteiger partial charge in [0.25, 0.3) is 0 Å². The first-order valence-electron chi connectivity index (χ1n) is 6.36. The van der Waals surface area contributed by atoms with E-state index in [1.807, 2.05) is 36.4 Å². The van der Waals surface area contributed by atoms with Crippen LogP contribution in [-0.2, 0) is 11.1 Å². The van der Waals surface area contributed by atoms with Crippen molar-refractivity contribution in [2.24, 2.45) is 0 Å². The molecule has 5 heteroatoms. The highest BCUT2D eigenvalue weighted by Gasteiger charge is 2.31. The lowest BCUT2D eigenvalue weighted by atomic mass is 9.81. The van der Waals surface area contributed by atoms with E-state index in [1.54, 1.807) is 12.1 Å². The standard InChI is InChI=1S/C15H13BO4/c1-18-15(17)12-8-6-11(7-9-12)10-16-19-13-4-2-3-5-14(13)20-16/h2-9H,10H2,1H3. The molecule has 0 atom stereocenters. The Morgan fingerprint density at radius 1 is 1.05 bits per heavy atom. The molecule has 0 amide bonds. The molecule has 3 rings (SSSR count). The molecule has 2 aromatic carbocycles. The third-order valence-electron chi connectivity index (χ3n) is 3.14. The van der Waals surface area contributed by atoms with Crippen LogP contribution in [0.15, 0.2) is 48.5 Å². The summed E-state index contributed by atoms with van der Waals surface area (Å²) in [5.74, 6) is 1.20. The number of carbonyl (C=O) groups excluding carboxylic acids is 1. The van der Waals surface area contributed by atoms with Crippen molar-refractivity contribution < 1.29 is 18.8 Å². The molecule has 0 radical (unpaired) electrons. The minimum atomic E-state index is -0.336. The fourth-order valence-corrected chi connectivity index (χ4v) is 2.12. The number of carbonyl (C=O) groups is 1. The van der Waals surface area contributed by atoms with E-state index in [1.165, 1.54) is 7.11 Å². The van der Waals surface area contributed by atoms with Crippen LogP contribution in [0.2, 0.25) is 0 Å². The van der Waals surface area contributed by atoms with Crippen molar-refractivity contribution in [1.82, 2.24) is 0 Å². The van der Waals surface area contributed by atoms with Crippen LogP contribution in [0.4, 0.5) is 0 Å². The van der Waals surface area contributed by atoms with Gasteiger partial charge in [-0.05, 0) is 29.8 Å². The number of rotatable bonds is 3. The molecule has 0 spiro atoms. The molecule has 2 aromatic rings. The van der Waals surface area contributed by atoms with Crippen molar-refractivity contribution in [3.8, 4) is 11.5 Å². The van der Waals surface area contributed by atoms with Gasteiger partial charge in [-0.3, -0.25) is 0 Å². The Balaban J connectivity index is 1.66. The van der Waals surface area contributed by atoms with Gasteiger partial charge in [0.05, 0.1) is 12.7 Å². The second-order valence-corrected chi connectivity index (χ2v) is 4.50. The lowest BCUT2D eigenvalue weighted by Crippen LogP contribution is -2.27. The molecule has 0 bridgehead atoms. The highest BCUT2D eigenvalue weighted by molar-refractivity contribution is 6.47. The predicted molar refractivity (Wildman–Crippen MR) is 74.9 cm³/mol. The largest absolute Gasteiger partial charge is 0.599 e. The Morgan fingerprint density at radius 3 is 2.20 bits per heavy atom. The van der Waals surface area contributed by atoms with E-state index in [4.69, 9.17) is 9.31 Å². The van der Waals surface area contributed by atoms with Crippen LogP contribution in [0, 0.1) is 0 Å². The van der Waals surface area contributed by atoms with Crippen LogP contribution in [0.25, 0.3) is 0 Å². The van der Waals surface area contributed by atoms with Crippen LogP contribution in [0.5, 0.6) is 11.5 Å². The van der Waals surface area contributed by atoms with Crippen LogP contribution in [0.1, 0.15) is 15.9 Å². The normalized spacial score (nSPS) is 12.3. The third-order valence-corrected chi connectivity index (χ3v) is 3.14. The number of ether oxygens (including phenoxy) is 1. The van der Waals surface area contributed by atoms with Crippen LogP contribution in [0.3, 0.4) is 0 Å². The van der Waals surface area contributed by atoms with Crippen molar-refractivity contribution >= 4 is 13.1 Å². The van der Waals surface area contributed by atoms with E-state index in [0.717, 1.165) is 17.1 Å². The van der Waals surface area contributed by atoms with E-state index >= 15 is 0 Å². The van der Waals surface area contributed by atoms with E-state index in [0.29, 0.717) is 11.9 Å². The molecule has 0 aromatic heterocycles. The predicted octanol–water partition coefficient (Wildman–Crippen LogP) is 2.51. The second-order valence-electron chi connectivity index (χ2n) is 4.50. The molecule has 0 saturated heterocycles. The molecule has 20 heavy (non-hydrogen) atoms. The molecule has 1 aliphatic heterocycles. The summed E-state index contributed by atoms with van der Waals surface area (Å²) in [4.78, 5) is 11.3. The summed E-state index contributed by atoms with van der Waals surface area (Å²) in [6.45, 7) is 0. The molecule has 1 heterocycles. The molecular formula is C15H13BO4. The maximum absolute atomic E-state index is 11.3. The Hall–Kier alpha value is -2.43. The molecule has 0 saturated carbocycles. The van der Waals surface area contributed by atoms with Crippen molar-refractivity contribution in [3.05, 3.63) is 59.7 Å². The average Bonchev–Trinajstić information content (AvgIpc) is 2.89. The van der Waals surface area contributed by atoms with E-state index in [2.05, 4.69) is 4.74 Å². The zero-order valence-electron chi connectivity index (χ0n) is 11.0. The van der Waals surface area contributed by atoms with E-state index in [-0.39, 0.29) is 13.1 Å². The summed E-state index contributed by atoms with van der Waals surface area (Å²) in [6, 6.07) is 14.8. The van der Waals surface area contributed by atoms with Gasteiger partial charge >= 0.3 is 13.1 Å². The maximum atomic E-state index is 11.3. The second kappa shape index (κ2) is 5.29. The van der Waals surface area contributed by atoms with Crippen LogP contribution in [-0.4, -0.2) is 20.2 Å². The minimum absolute atomic E-state index is 0.323. The van der Waals surface area contributed by atoms with Gasteiger partial charge in [0.2, 0.25) is 0 Å². The van der Waals surface area contributed by atoms with Gasteiger partial charge in [-0.2, -0.15) is 0 Å². The van der Waals surface area contributed by atoms with Crippen molar-refractivity contribution in [2.75, 3.05) is 7.11 Å². The summed E-state index contributed by atoms with van der Waals surface area (Å²) < 4.78 is 16.1. The first-order valence-corrected chi connectivity index (χ1v) is 6.36. The zero-order chi connectivity index (χ0) is 13.9. The number of hydrogen-bond acceptors (Lipinski definition) is 4. The first kappa shape index (κ1) is 12.6. The summed E-state index contributed by atoms with van der Waals surface area (Å²) in [5, 5.41) is 0. The average molecular weight is 268 g/mol. The Labute approximate surface area is 117 Å². The molecular weight excluding hydrogens is 255 g/mol. The monoisotopic (exact) mass is 268 g/mol. The Bertz CT molecular complexity index is 599. The summed E-state index contributed by atoms with van der Waals surface area (Å²) in [7, 11) is 1.05. The van der Waals surface area contributed by atoms with Gasteiger partial charge < -0.3 is 14.0 Å². The number of para-hydroxylation sites is 2.